The molecule has 19 heavy (non-hydrogen) atoms. The summed E-state index contributed by atoms with van der Waals surface area (Å²) in [6.45, 7) is 2.57. The molecule has 0 saturated carbocycles. The fourth-order valence-corrected chi connectivity index (χ4v) is 2.29. The van der Waals surface area contributed by atoms with E-state index in [4.69, 9.17) is 14.2 Å². The lowest BCUT2D eigenvalue weighted by Crippen LogP contribution is -2.08. The summed E-state index contributed by atoms with van der Waals surface area (Å²) in [4.78, 5) is 0. The molecule has 0 saturated heterocycles. The Morgan fingerprint density at radius 1 is 1.21 bits per heavy atom. The van der Waals surface area contributed by atoms with Gasteiger partial charge in [0.1, 0.15) is 12.4 Å². The highest BCUT2D eigenvalue weighted by molar-refractivity contribution is 5.39. The number of hydrogen-bond acceptors (Lipinski definition) is 4. The highest BCUT2D eigenvalue weighted by atomic mass is 16.5. The van der Waals surface area contributed by atoms with E-state index in [0.29, 0.717) is 19.8 Å². The van der Waals surface area contributed by atoms with Gasteiger partial charge in [-0.2, -0.15) is 0 Å². The van der Waals surface area contributed by atoms with Gasteiger partial charge in [0.05, 0.1) is 12.7 Å². The Labute approximate surface area is 114 Å². The van der Waals surface area contributed by atoms with Crippen LogP contribution in [0, 0.1) is 0 Å². The Morgan fingerprint density at radius 2 is 2.11 bits per heavy atom. The molecule has 1 aromatic rings. The van der Waals surface area contributed by atoms with Crippen LogP contribution >= 0.6 is 0 Å². The Hall–Kier alpha value is -1.10. The zero-order valence-electron chi connectivity index (χ0n) is 11.4. The Morgan fingerprint density at radius 3 is 2.95 bits per heavy atom. The first-order chi connectivity index (χ1) is 9.31. The average Bonchev–Trinajstić information content (AvgIpc) is 2.79. The molecule has 0 radical (unpaired) electrons. The first-order valence-electron chi connectivity index (χ1n) is 6.81. The van der Waals surface area contributed by atoms with Crippen LogP contribution in [0.1, 0.15) is 30.1 Å². The van der Waals surface area contributed by atoms with Crippen LogP contribution < -0.4 is 4.74 Å². The number of hydrogen-bond donors (Lipinski definition) is 1. The van der Waals surface area contributed by atoms with Gasteiger partial charge in [0.25, 0.3) is 0 Å². The van der Waals surface area contributed by atoms with Crippen molar-refractivity contribution < 1.29 is 19.3 Å². The number of rotatable bonds is 8. The van der Waals surface area contributed by atoms with Crippen molar-refractivity contribution in [1.29, 1.82) is 0 Å². The molecule has 1 atom stereocenters. The van der Waals surface area contributed by atoms with E-state index in [1.54, 1.807) is 7.11 Å². The molecule has 0 spiro atoms. The summed E-state index contributed by atoms with van der Waals surface area (Å²) >= 11 is 0. The van der Waals surface area contributed by atoms with Crippen molar-refractivity contribution >= 4 is 0 Å². The summed E-state index contributed by atoms with van der Waals surface area (Å²) in [6.07, 6.45) is 2.36. The summed E-state index contributed by atoms with van der Waals surface area (Å²) in [5, 5.41) is 9.72. The number of benzene rings is 1. The van der Waals surface area contributed by atoms with Crippen LogP contribution in [0.3, 0.4) is 0 Å². The maximum Gasteiger partial charge on any atom is 0.119 e. The SMILES string of the molecule is COCCCOCCOc1ccc2c(c1)CC[C@H]2O. The molecule has 1 aliphatic carbocycles. The predicted octanol–water partition coefficient (Wildman–Crippen LogP) is 2.10. The first-order valence-corrected chi connectivity index (χ1v) is 6.81. The number of aryl methyl sites for hydroxylation is 1. The minimum absolute atomic E-state index is 0.298. The van der Waals surface area contributed by atoms with Crippen LogP contribution in [-0.4, -0.2) is 38.6 Å². The van der Waals surface area contributed by atoms with Crippen molar-refractivity contribution in [3.63, 3.8) is 0 Å². The third kappa shape index (κ3) is 4.20. The molecule has 0 aromatic heterocycles. The fraction of sp³-hybridized carbons (Fsp3) is 0.600. The van der Waals surface area contributed by atoms with Crippen LogP contribution in [0.5, 0.6) is 5.75 Å². The molecule has 0 fully saturated rings. The standard InChI is InChI=1S/C15H22O4/c1-17-7-2-8-18-9-10-19-13-4-5-14-12(11-13)3-6-15(14)16/h4-5,11,15-16H,2-3,6-10H2,1H3/t15-/m1/s1. The van der Waals surface area contributed by atoms with Crippen LogP contribution in [0.2, 0.25) is 0 Å². The Bertz CT molecular complexity index is 392. The fourth-order valence-electron chi connectivity index (χ4n) is 2.29. The van der Waals surface area contributed by atoms with Crippen molar-refractivity contribution in [1.82, 2.24) is 0 Å². The van der Waals surface area contributed by atoms with Crippen LogP contribution in [-0.2, 0) is 15.9 Å². The van der Waals surface area contributed by atoms with E-state index in [1.165, 1.54) is 5.56 Å². The summed E-state index contributed by atoms with van der Waals surface area (Å²) in [7, 11) is 1.69. The number of fused-ring (bicyclic) bond motifs is 1. The van der Waals surface area contributed by atoms with Crippen molar-refractivity contribution in [3.8, 4) is 5.75 Å². The van der Waals surface area contributed by atoms with E-state index < -0.39 is 0 Å². The van der Waals surface area contributed by atoms with Crippen molar-refractivity contribution in [2.24, 2.45) is 0 Å². The van der Waals surface area contributed by atoms with Gasteiger partial charge in [-0.3, -0.25) is 0 Å². The zero-order chi connectivity index (χ0) is 13.5. The molecule has 1 aliphatic rings. The molecule has 4 nitrogen and oxygen atoms in total. The van der Waals surface area contributed by atoms with Gasteiger partial charge in [0.2, 0.25) is 0 Å². The molecule has 4 heteroatoms. The number of aliphatic hydroxyl groups is 1. The van der Waals surface area contributed by atoms with Gasteiger partial charge < -0.3 is 19.3 Å². The lowest BCUT2D eigenvalue weighted by atomic mass is 10.1. The minimum Gasteiger partial charge on any atom is -0.491 e. The molecule has 0 bridgehead atoms. The van der Waals surface area contributed by atoms with Crippen molar-refractivity contribution in [2.75, 3.05) is 33.5 Å². The van der Waals surface area contributed by atoms with E-state index in [2.05, 4.69) is 0 Å². The van der Waals surface area contributed by atoms with E-state index in [-0.39, 0.29) is 6.10 Å². The molecule has 0 heterocycles. The van der Waals surface area contributed by atoms with Crippen LogP contribution in [0.4, 0.5) is 0 Å². The highest BCUT2D eigenvalue weighted by Crippen LogP contribution is 2.33. The summed E-state index contributed by atoms with van der Waals surface area (Å²) in [5.41, 5.74) is 2.24. The second-order valence-corrected chi connectivity index (χ2v) is 4.72. The number of methoxy groups -OCH3 is 1. The molecule has 1 N–H and O–H groups in total. The molecule has 0 amide bonds. The maximum absolute atomic E-state index is 9.72. The van der Waals surface area contributed by atoms with Crippen LogP contribution in [0.15, 0.2) is 18.2 Å². The highest BCUT2D eigenvalue weighted by Gasteiger charge is 2.20. The second-order valence-electron chi connectivity index (χ2n) is 4.72. The largest absolute Gasteiger partial charge is 0.491 e. The van der Waals surface area contributed by atoms with Gasteiger partial charge in [-0.15, -0.1) is 0 Å². The molecule has 0 aliphatic heterocycles. The van der Waals surface area contributed by atoms with E-state index in [1.807, 2.05) is 18.2 Å². The molecule has 2 rings (SSSR count). The van der Waals surface area contributed by atoms with E-state index >= 15 is 0 Å². The molecule has 1 aromatic carbocycles. The third-order valence-electron chi connectivity index (χ3n) is 3.29. The van der Waals surface area contributed by atoms with Crippen molar-refractivity contribution in [2.45, 2.75) is 25.4 Å². The number of aliphatic hydroxyl groups excluding tert-OH is 1. The predicted molar refractivity (Wildman–Crippen MR) is 72.5 cm³/mol. The van der Waals surface area contributed by atoms with Gasteiger partial charge >= 0.3 is 0 Å². The quantitative estimate of drug-likeness (QED) is 0.732. The number of ether oxygens (including phenoxy) is 3. The van der Waals surface area contributed by atoms with Gasteiger partial charge in [0.15, 0.2) is 0 Å². The van der Waals surface area contributed by atoms with Gasteiger partial charge in [-0.1, -0.05) is 6.07 Å². The normalized spacial score (nSPS) is 17.5. The lowest BCUT2D eigenvalue weighted by molar-refractivity contribution is 0.0806. The van der Waals surface area contributed by atoms with Crippen molar-refractivity contribution in [3.05, 3.63) is 29.3 Å². The maximum atomic E-state index is 9.72. The smallest absolute Gasteiger partial charge is 0.119 e. The second kappa shape index (κ2) is 7.48. The molecular formula is C15H22O4. The lowest BCUT2D eigenvalue weighted by Gasteiger charge is -2.09. The first kappa shape index (κ1) is 14.3. The molecule has 0 unspecified atom stereocenters. The Kier molecular flexibility index (Phi) is 5.63. The summed E-state index contributed by atoms with van der Waals surface area (Å²) in [5.74, 6) is 0.855. The monoisotopic (exact) mass is 266 g/mol. The topological polar surface area (TPSA) is 47.9 Å². The molecular weight excluding hydrogens is 244 g/mol. The minimum atomic E-state index is -0.298. The van der Waals surface area contributed by atoms with E-state index in [9.17, 15) is 5.11 Å². The van der Waals surface area contributed by atoms with E-state index in [0.717, 1.165) is 37.2 Å². The van der Waals surface area contributed by atoms with Crippen LogP contribution in [0.25, 0.3) is 0 Å². The zero-order valence-corrected chi connectivity index (χ0v) is 11.4. The molecule has 106 valence electrons. The summed E-state index contributed by atoms with van der Waals surface area (Å²) < 4.78 is 16.0. The van der Waals surface area contributed by atoms with Gasteiger partial charge in [-0.05, 0) is 42.5 Å². The average molecular weight is 266 g/mol. The van der Waals surface area contributed by atoms with Gasteiger partial charge in [0, 0.05) is 20.3 Å². The summed E-state index contributed by atoms with van der Waals surface area (Å²) in [6, 6.07) is 5.90. The third-order valence-corrected chi connectivity index (χ3v) is 3.29. The van der Waals surface area contributed by atoms with Gasteiger partial charge in [-0.25, -0.2) is 0 Å². The Balaban J connectivity index is 1.67.